The number of aromatic amines is 1. The first-order valence-electron chi connectivity index (χ1n) is 6.49. The number of hydrogen-bond acceptors (Lipinski definition) is 7. The molecular weight excluding hydrogens is 322 g/mol. The van der Waals surface area contributed by atoms with Crippen molar-refractivity contribution in [2.45, 2.75) is 24.3 Å². The van der Waals surface area contributed by atoms with Crippen LogP contribution in [-0.2, 0) is 4.79 Å². The van der Waals surface area contributed by atoms with Crippen molar-refractivity contribution in [3.05, 3.63) is 29.3 Å². The topological polar surface area (TPSA) is 96.7 Å². The summed E-state index contributed by atoms with van der Waals surface area (Å²) in [5.74, 6) is 1.58. The molecule has 9 heteroatoms. The summed E-state index contributed by atoms with van der Waals surface area (Å²) < 4.78 is 4.91. The van der Waals surface area contributed by atoms with Crippen LogP contribution < -0.4 is 5.32 Å². The fraction of sp³-hybridized carbons (Fsp3) is 0.231. The van der Waals surface area contributed by atoms with Crippen LogP contribution in [0.4, 0.5) is 5.82 Å². The minimum Gasteiger partial charge on any atom is -0.360 e. The van der Waals surface area contributed by atoms with Gasteiger partial charge in [0.15, 0.2) is 11.6 Å². The lowest BCUT2D eigenvalue weighted by atomic mass is 10.4. The van der Waals surface area contributed by atoms with Crippen LogP contribution in [0.1, 0.15) is 12.7 Å². The van der Waals surface area contributed by atoms with Crippen molar-refractivity contribution in [2.24, 2.45) is 0 Å². The van der Waals surface area contributed by atoms with Gasteiger partial charge in [0.05, 0.1) is 10.1 Å². The van der Waals surface area contributed by atoms with Gasteiger partial charge in [-0.2, -0.15) is 0 Å². The molecule has 3 aromatic heterocycles. The van der Waals surface area contributed by atoms with E-state index in [0.29, 0.717) is 22.6 Å². The molecule has 0 saturated heterocycles. The van der Waals surface area contributed by atoms with Crippen molar-refractivity contribution in [1.82, 2.24) is 20.3 Å². The summed E-state index contributed by atoms with van der Waals surface area (Å²) in [6.07, 6.45) is 0. The maximum Gasteiger partial charge on any atom is 0.238 e. The normalized spacial score (nSPS) is 12.3. The van der Waals surface area contributed by atoms with Crippen LogP contribution in [0.3, 0.4) is 0 Å². The highest BCUT2D eigenvalue weighted by atomic mass is 32.2. The van der Waals surface area contributed by atoms with E-state index in [2.05, 4.69) is 25.7 Å². The number of H-pyrrole nitrogens is 1. The number of aromatic nitrogens is 4. The van der Waals surface area contributed by atoms with E-state index in [1.165, 1.54) is 11.8 Å². The molecule has 1 amide bonds. The fourth-order valence-corrected chi connectivity index (χ4v) is 3.08. The zero-order valence-corrected chi connectivity index (χ0v) is 13.5. The molecule has 22 heavy (non-hydrogen) atoms. The van der Waals surface area contributed by atoms with E-state index in [0.717, 1.165) is 4.88 Å². The van der Waals surface area contributed by atoms with Gasteiger partial charge in [0, 0.05) is 6.07 Å². The number of hydrogen-bond donors (Lipinski definition) is 2. The van der Waals surface area contributed by atoms with E-state index in [9.17, 15) is 4.79 Å². The molecule has 0 fully saturated rings. The third kappa shape index (κ3) is 3.37. The van der Waals surface area contributed by atoms with Gasteiger partial charge in [-0.25, -0.2) is 4.98 Å². The lowest BCUT2D eigenvalue weighted by Crippen LogP contribution is -2.22. The summed E-state index contributed by atoms with van der Waals surface area (Å²) in [5.41, 5.74) is 0. The molecule has 0 spiro atoms. The fourth-order valence-electron chi connectivity index (χ4n) is 1.69. The number of nitrogens with one attached hydrogen (secondary N) is 2. The third-order valence-corrected chi connectivity index (χ3v) is 4.59. The standard InChI is InChI=1S/C13H13N5O2S2/c1-7-6-10(18-20-7)14-12(19)8(2)22-13-15-11(16-17-13)9-4-3-5-21-9/h3-6,8H,1-2H3,(H,14,18,19)(H,15,16,17)/t8-/m1/s1. The van der Waals surface area contributed by atoms with Gasteiger partial charge in [0.25, 0.3) is 0 Å². The van der Waals surface area contributed by atoms with Gasteiger partial charge in [0.2, 0.25) is 11.1 Å². The van der Waals surface area contributed by atoms with Crippen LogP contribution in [-0.4, -0.2) is 31.5 Å². The number of carbonyl (C=O) groups is 1. The van der Waals surface area contributed by atoms with Gasteiger partial charge in [-0.05, 0) is 25.3 Å². The molecule has 1 atom stereocenters. The van der Waals surface area contributed by atoms with Crippen LogP contribution >= 0.6 is 23.1 Å². The number of carbonyl (C=O) groups excluding carboxylic acids is 1. The average Bonchev–Trinajstić information content (AvgIpc) is 3.20. The molecular formula is C13H13N5O2S2. The van der Waals surface area contributed by atoms with Crippen molar-refractivity contribution < 1.29 is 9.32 Å². The average molecular weight is 335 g/mol. The Balaban J connectivity index is 1.61. The second-order valence-corrected chi connectivity index (χ2v) is 6.77. The Morgan fingerprint density at radius 3 is 3.09 bits per heavy atom. The Morgan fingerprint density at radius 2 is 2.41 bits per heavy atom. The monoisotopic (exact) mass is 335 g/mol. The molecule has 3 heterocycles. The maximum atomic E-state index is 12.1. The number of anilines is 1. The molecule has 0 bridgehead atoms. The van der Waals surface area contributed by atoms with Gasteiger partial charge in [-0.15, -0.1) is 16.4 Å². The van der Waals surface area contributed by atoms with Crippen molar-refractivity contribution in [3.63, 3.8) is 0 Å². The van der Waals surface area contributed by atoms with Crippen LogP contribution in [0.25, 0.3) is 10.7 Å². The molecule has 0 unspecified atom stereocenters. The summed E-state index contributed by atoms with van der Waals surface area (Å²) in [6, 6.07) is 5.57. The van der Waals surface area contributed by atoms with Gasteiger partial charge in [0.1, 0.15) is 5.76 Å². The van der Waals surface area contributed by atoms with E-state index in [1.807, 2.05) is 17.5 Å². The van der Waals surface area contributed by atoms with E-state index in [4.69, 9.17) is 4.52 Å². The predicted molar refractivity (Wildman–Crippen MR) is 84.9 cm³/mol. The Morgan fingerprint density at radius 1 is 1.55 bits per heavy atom. The molecule has 2 N–H and O–H groups in total. The Hall–Kier alpha value is -2.13. The van der Waals surface area contributed by atoms with Gasteiger partial charge in [-0.3, -0.25) is 9.89 Å². The molecule has 0 aromatic carbocycles. The molecule has 0 aliphatic rings. The zero-order chi connectivity index (χ0) is 15.5. The summed E-state index contributed by atoms with van der Waals surface area (Å²) in [4.78, 5) is 17.5. The SMILES string of the molecule is Cc1cc(NC(=O)[C@@H](C)Sc2n[nH]c(-c3cccs3)n2)no1. The summed E-state index contributed by atoms with van der Waals surface area (Å²) in [6.45, 7) is 3.55. The number of nitrogens with zero attached hydrogens (tertiary/aromatic N) is 3. The second-order valence-electron chi connectivity index (χ2n) is 4.52. The van der Waals surface area contributed by atoms with E-state index < -0.39 is 0 Å². The van der Waals surface area contributed by atoms with E-state index in [1.54, 1.807) is 31.3 Å². The largest absolute Gasteiger partial charge is 0.360 e. The first kappa shape index (κ1) is 14.8. The summed E-state index contributed by atoms with van der Waals surface area (Å²) in [7, 11) is 0. The Kier molecular flexibility index (Phi) is 4.25. The highest BCUT2D eigenvalue weighted by Gasteiger charge is 2.18. The zero-order valence-electron chi connectivity index (χ0n) is 11.9. The first-order valence-corrected chi connectivity index (χ1v) is 8.25. The van der Waals surface area contributed by atoms with Crippen LogP contribution in [0, 0.1) is 6.92 Å². The maximum absolute atomic E-state index is 12.1. The van der Waals surface area contributed by atoms with Crippen LogP contribution in [0.15, 0.2) is 33.3 Å². The van der Waals surface area contributed by atoms with E-state index in [-0.39, 0.29) is 11.2 Å². The molecule has 3 aromatic rings. The third-order valence-electron chi connectivity index (χ3n) is 2.75. The van der Waals surface area contributed by atoms with Crippen LogP contribution in [0.2, 0.25) is 0 Å². The van der Waals surface area contributed by atoms with Crippen molar-refractivity contribution in [3.8, 4) is 10.7 Å². The minimum atomic E-state index is -0.357. The van der Waals surface area contributed by atoms with Gasteiger partial charge < -0.3 is 9.84 Å². The molecule has 0 aliphatic carbocycles. The summed E-state index contributed by atoms with van der Waals surface area (Å²) >= 11 is 2.85. The predicted octanol–water partition coefficient (Wildman–Crippen LogP) is 2.95. The van der Waals surface area contributed by atoms with Gasteiger partial charge >= 0.3 is 0 Å². The number of thioether (sulfide) groups is 1. The molecule has 3 rings (SSSR count). The second kappa shape index (κ2) is 6.32. The number of thiophene rings is 1. The van der Waals surface area contributed by atoms with Crippen molar-refractivity contribution in [1.29, 1.82) is 0 Å². The van der Waals surface area contributed by atoms with Gasteiger partial charge in [-0.1, -0.05) is 23.0 Å². The minimum absolute atomic E-state index is 0.180. The Bertz CT molecular complexity index is 765. The van der Waals surface area contributed by atoms with E-state index >= 15 is 0 Å². The van der Waals surface area contributed by atoms with Crippen LogP contribution in [0.5, 0.6) is 0 Å². The molecule has 0 saturated carbocycles. The molecule has 114 valence electrons. The molecule has 0 aliphatic heterocycles. The highest BCUT2D eigenvalue weighted by molar-refractivity contribution is 8.00. The number of rotatable bonds is 5. The quantitative estimate of drug-likeness (QED) is 0.696. The number of amides is 1. The first-order chi connectivity index (χ1) is 10.6. The highest BCUT2D eigenvalue weighted by Crippen LogP contribution is 2.25. The lowest BCUT2D eigenvalue weighted by molar-refractivity contribution is -0.115. The Labute approximate surface area is 134 Å². The number of aryl methyl sites for hydroxylation is 1. The van der Waals surface area contributed by atoms with Crippen molar-refractivity contribution >= 4 is 34.8 Å². The molecule has 0 radical (unpaired) electrons. The smallest absolute Gasteiger partial charge is 0.238 e. The molecule has 7 nitrogen and oxygen atoms in total. The van der Waals surface area contributed by atoms with Crippen molar-refractivity contribution in [2.75, 3.05) is 5.32 Å². The summed E-state index contributed by atoms with van der Waals surface area (Å²) in [5, 5.41) is 15.6. The lowest BCUT2D eigenvalue weighted by Gasteiger charge is -2.07.